The molecule has 8 N–H and O–H groups in total. The molecule has 11 heteroatoms. The second kappa shape index (κ2) is 10.7. The van der Waals surface area contributed by atoms with Crippen LogP contribution >= 0.6 is 0 Å². The van der Waals surface area contributed by atoms with E-state index in [0.29, 0.717) is 5.69 Å². The summed E-state index contributed by atoms with van der Waals surface area (Å²) >= 11 is 0. The number of aromatic amines is 1. The second-order valence-electron chi connectivity index (χ2n) is 6.71. The second-order valence-corrected chi connectivity index (χ2v) is 6.71. The Kier molecular flexibility index (Phi) is 8.06. The molecule has 11 nitrogen and oxygen atoms in total. The van der Waals surface area contributed by atoms with E-state index < -0.39 is 48.2 Å². The smallest absolute Gasteiger partial charge is 0.326 e. The average molecular weight is 416 g/mol. The third kappa shape index (κ3) is 7.02. The van der Waals surface area contributed by atoms with Crippen LogP contribution in [-0.4, -0.2) is 56.9 Å². The number of hydrogen-bond acceptors (Lipinski definition) is 6. The number of nitrogens with two attached hydrogens (primary N) is 2. The Morgan fingerprint density at radius 2 is 1.70 bits per heavy atom. The summed E-state index contributed by atoms with van der Waals surface area (Å²) < 4.78 is 0. The SMILES string of the molecule is NC(=O)CC(NC(=O)C(Cc1ccccc1)NC(=O)C(N)Cc1cnc[nH]1)C(=O)O. The minimum Gasteiger partial charge on any atom is -0.480 e. The van der Waals surface area contributed by atoms with Crippen LogP contribution < -0.4 is 22.1 Å². The van der Waals surface area contributed by atoms with Gasteiger partial charge in [-0.05, 0) is 5.56 Å². The number of benzene rings is 1. The van der Waals surface area contributed by atoms with Gasteiger partial charge in [-0.2, -0.15) is 0 Å². The predicted molar refractivity (Wildman–Crippen MR) is 106 cm³/mol. The Bertz CT molecular complexity index is 871. The summed E-state index contributed by atoms with van der Waals surface area (Å²) in [7, 11) is 0. The number of imidazole rings is 1. The maximum Gasteiger partial charge on any atom is 0.326 e. The van der Waals surface area contributed by atoms with Gasteiger partial charge in [0.1, 0.15) is 12.1 Å². The van der Waals surface area contributed by atoms with Crippen LogP contribution in [0.2, 0.25) is 0 Å². The molecule has 2 aromatic rings. The van der Waals surface area contributed by atoms with Gasteiger partial charge in [0.15, 0.2) is 0 Å². The van der Waals surface area contributed by atoms with Crippen molar-refractivity contribution in [3.05, 3.63) is 54.1 Å². The van der Waals surface area contributed by atoms with Gasteiger partial charge >= 0.3 is 5.97 Å². The summed E-state index contributed by atoms with van der Waals surface area (Å²) in [6.07, 6.45) is 2.68. The Labute approximate surface area is 172 Å². The van der Waals surface area contributed by atoms with Gasteiger partial charge in [0.2, 0.25) is 17.7 Å². The van der Waals surface area contributed by atoms with Crippen molar-refractivity contribution < 1.29 is 24.3 Å². The normalized spacial score (nSPS) is 13.6. The lowest BCUT2D eigenvalue weighted by Crippen LogP contribution is -2.56. The van der Waals surface area contributed by atoms with Crippen molar-refractivity contribution in [2.24, 2.45) is 11.5 Å². The first-order valence-corrected chi connectivity index (χ1v) is 9.15. The Balaban J connectivity index is 2.12. The molecule has 1 aromatic carbocycles. The summed E-state index contributed by atoms with van der Waals surface area (Å²) in [5.41, 5.74) is 12.3. The first-order valence-electron chi connectivity index (χ1n) is 9.15. The molecule has 1 heterocycles. The van der Waals surface area contributed by atoms with Crippen LogP contribution in [0.15, 0.2) is 42.9 Å². The molecule has 0 fully saturated rings. The number of carbonyl (C=O) groups excluding carboxylic acids is 3. The molecule has 0 aliphatic carbocycles. The molecule has 2 rings (SSSR count). The molecule has 0 saturated carbocycles. The fraction of sp³-hybridized carbons (Fsp3) is 0.316. The number of nitrogens with zero attached hydrogens (tertiary/aromatic N) is 1. The van der Waals surface area contributed by atoms with Crippen molar-refractivity contribution in [2.45, 2.75) is 37.4 Å². The summed E-state index contributed by atoms with van der Waals surface area (Å²) in [5, 5.41) is 14.0. The molecule has 0 saturated heterocycles. The molecule has 160 valence electrons. The maximum atomic E-state index is 12.7. The standard InChI is InChI=1S/C19H24N6O5/c20-13(7-12-9-22-10-23-12)17(27)24-14(6-11-4-2-1-3-5-11)18(28)25-15(19(29)30)8-16(21)26/h1-5,9-10,13-15H,6-8,20H2,(H2,21,26)(H,22,23)(H,24,27)(H,25,28)(H,29,30). The third-order valence-corrected chi connectivity index (χ3v) is 4.27. The number of rotatable bonds is 11. The fourth-order valence-electron chi connectivity index (χ4n) is 2.74. The molecular formula is C19H24N6O5. The number of aromatic nitrogens is 2. The van der Waals surface area contributed by atoms with Crippen LogP contribution in [0.4, 0.5) is 0 Å². The van der Waals surface area contributed by atoms with Gasteiger partial charge in [0.05, 0.1) is 18.8 Å². The van der Waals surface area contributed by atoms with Crippen LogP contribution in [0.1, 0.15) is 17.7 Å². The lowest BCUT2D eigenvalue weighted by molar-refractivity contribution is -0.143. The van der Waals surface area contributed by atoms with Crippen LogP contribution in [0.5, 0.6) is 0 Å². The number of H-pyrrole nitrogens is 1. The van der Waals surface area contributed by atoms with Crippen LogP contribution in [0, 0.1) is 0 Å². The highest BCUT2D eigenvalue weighted by molar-refractivity contribution is 5.93. The van der Waals surface area contributed by atoms with Crippen molar-refractivity contribution in [3.8, 4) is 0 Å². The average Bonchev–Trinajstić information content (AvgIpc) is 3.20. The molecule has 0 spiro atoms. The number of carbonyl (C=O) groups is 4. The highest BCUT2D eigenvalue weighted by Crippen LogP contribution is 2.06. The van der Waals surface area contributed by atoms with E-state index in [-0.39, 0.29) is 12.8 Å². The number of amides is 3. The predicted octanol–water partition coefficient (Wildman–Crippen LogP) is -1.55. The molecule has 0 aliphatic rings. The number of aliphatic carboxylic acids is 1. The zero-order chi connectivity index (χ0) is 22.1. The summed E-state index contributed by atoms with van der Waals surface area (Å²) in [6.45, 7) is 0. The number of hydrogen-bond donors (Lipinski definition) is 6. The quantitative estimate of drug-likeness (QED) is 0.255. The Morgan fingerprint density at radius 3 is 2.27 bits per heavy atom. The lowest BCUT2D eigenvalue weighted by Gasteiger charge is -2.22. The minimum atomic E-state index is -1.51. The van der Waals surface area contributed by atoms with Gasteiger partial charge < -0.3 is 32.2 Å². The number of carboxylic acid groups (broad SMARTS) is 1. The first kappa shape index (κ1) is 22.6. The van der Waals surface area contributed by atoms with Gasteiger partial charge in [-0.25, -0.2) is 9.78 Å². The lowest BCUT2D eigenvalue weighted by atomic mass is 10.0. The van der Waals surface area contributed by atoms with E-state index >= 15 is 0 Å². The number of carboxylic acids is 1. The highest BCUT2D eigenvalue weighted by atomic mass is 16.4. The molecule has 3 amide bonds. The highest BCUT2D eigenvalue weighted by Gasteiger charge is 2.29. The van der Waals surface area contributed by atoms with Crippen molar-refractivity contribution in [1.82, 2.24) is 20.6 Å². The molecule has 0 bridgehead atoms. The minimum absolute atomic E-state index is 0.0953. The van der Waals surface area contributed by atoms with Crippen molar-refractivity contribution >= 4 is 23.7 Å². The zero-order valence-corrected chi connectivity index (χ0v) is 16.1. The van der Waals surface area contributed by atoms with Gasteiger partial charge in [-0.1, -0.05) is 30.3 Å². The van der Waals surface area contributed by atoms with Gasteiger partial charge in [0, 0.05) is 24.7 Å². The number of nitrogens with one attached hydrogen (secondary N) is 3. The Hall–Kier alpha value is -3.73. The van der Waals surface area contributed by atoms with Crippen LogP contribution in [0.3, 0.4) is 0 Å². The van der Waals surface area contributed by atoms with E-state index in [1.54, 1.807) is 30.3 Å². The van der Waals surface area contributed by atoms with Crippen LogP contribution in [0.25, 0.3) is 0 Å². The van der Waals surface area contributed by atoms with Crippen molar-refractivity contribution in [3.63, 3.8) is 0 Å². The first-order chi connectivity index (χ1) is 14.3. The van der Waals surface area contributed by atoms with E-state index in [1.165, 1.54) is 12.5 Å². The topological polar surface area (TPSA) is 193 Å². The largest absolute Gasteiger partial charge is 0.480 e. The Morgan fingerprint density at radius 1 is 1.03 bits per heavy atom. The van der Waals surface area contributed by atoms with Gasteiger partial charge in [0.25, 0.3) is 0 Å². The zero-order valence-electron chi connectivity index (χ0n) is 16.1. The van der Waals surface area contributed by atoms with Crippen molar-refractivity contribution in [1.29, 1.82) is 0 Å². The molecule has 3 atom stereocenters. The molecule has 3 unspecified atom stereocenters. The summed E-state index contributed by atoms with van der Waals surface area (Å²) in [6, 6.07) is 5.27. The van der Waals surface area contributed by atoms with E-state index in [2.05, 4.69) is 20.6 Å². The van der Waals surface area contributed by atoms with Crippen LogP contribution in [-0.2, 0) is 32.0 Å². The molecule has 30 heavy (non-hydrogen) atoms. The summed E-state index contributed by atoms with van der Waals surface area (Å²) in [5.74, 6) is -3.66. The molecule has 0 aliphatic heterocycles. The fourth-order valence-corrected chi connectivity index (χ4v) is 2.74. The van der Waals surface area contributed by atoms with Crippen molar-refractivity contribution in [2.75, 3.05) is 0 Å². The van der Waals surface area contributed by atoms with Gasteiger partial charge in [-0.15, -0.1) is 0 Å². The van der Waals surface area contributed by atoms with E-state index in [9.17, 15) is 24.3 Å². The molecule has 1 aromatic heterocycles. The van der Waals surface area contributed by atoms with Gasteiger partial charge in [-0.3, -0.25) is 14.4 Å². The monoisotopic (exact) mass is 416 g/mol. The van der Waals surface area contributed by atoms with E-state index in [1.807, 2.05) is 0 Å². The number of primary amides is 1. The third-order valence-electron chi connectivity index (χ3n) is 4.27. The molecular weight excluding hydrogens is 392 g/mol. The van der Waals surface area contributed by atoms with E-state index in [0.717, 1.165) is 5.56 Å². The molecule has 0 radical (unpaired) electrons. The van der Waals surface area contributed by atoms with E-state index in [4.69, 9.17) is 11.5 Å². The maximum absolute atomic E-state index is 12.7. The summed E-state index contributed by atoms with van der Waals surface area (Å²) in [4.78, 5) is 54.3.